The summed E-state index contributed by atoms with van der Waals surface area (Å²) in [5.41, 5.74) is 5.67. The summed E-state index contributed by atoms with van der Waals surface area (Å²) in [5, 5.41) is 0. The maximum atomic E-state index is 5.67. The molecule has 48 valence electrons. The topological polar surface area (TPSA) is 29.3 Å². The molecule has 1 fully saturated rings. The van der Waals surface area contributed by atoms with Gasteiger partial charge >= 0.3 is 0 Å². The minimum Gasteiger partial charge on any atom is -0.326 e. The maximum Gasteiger partial charge on any atom is 0.0182 e. The Balaban J connectivity index is 2.39. The van der Waals surface area contributed by atoms with Crippen molar-refractivity contribution in [2.75, 3.05) is 13.6 Å². The Hall–Kier alpha value is -0.0800. The summed E-state index contributed by atoms with van der Waals surface area (Å²) < 4.78 is 0. The highest BCUT2D eigenvalue weighted by molar-refractivity contribution is 4.81. The van der Waals surface area contributed by atoms with E-state index in [1.807, 2.05) is 0 Å². The molecule has 1 saturated heterocycles. The Labute approximate surface area is 50.7 Å². The molecule has 0 aromatic heterocycles. The lowest BCUT2D eigenvalue weighted by Gasteiger charge is -2.11. The first-order valence-corrected chi connectivity index (χ1v) is 3.16. The van der Waals surface area contributed by atoms with Gasteiger partial charge in [0.05, 0.1) is 0 Å². The van der Waals surface area contributed by atoms with E-state index in [9.17, 15) is 0 Å². The van der Waals surface area contributed by atoms with Crippen molar-refractivity contribution < 1.29 is 0 Å². The van der Waals surface area contributed by atoms with Crippen molar-refractivity contribution in [2.45, 2.75) is 25.4 Å². The highest BCUT2D eigenvalue weighted by Gasteiger charge is 2.22. The fourth-order valence-corrected chi connectivity index (χ4v) is 1.24. The molecule has 1 aliphatic heterocycles. The summed E-state index contributed by atoms with van der Waals surface area (Å²) in [5.74, 6) is 0. The molecule has 2 atom stereocenters. The van der Waals surface area contributed by atoms with Gasteiger partial charge in [-0.25, -0.2) is 0 Å². The van der Waals surface area contributed by atoms with Crippen LogP contribution in [0.3, 0.4) is 0 Å². The third-order valence-electron chi connectivity index (χ3n) is 1.92. The summed E-state index contributed by atoms with van der Waals surface area (Å²) in [7, 11) is 2.12. The second-order valence-corrected chi connectivity index (χ2v) is 2.78. The van der Waals surface area contributed by atoms with Gasteiger partial charge in [-0.2, -0.15) is 0 Å². The maximum absolute atomic E-state index is 5.67. The molecule has 0 aromatic rings. The van der Waals surface area contributed by atoms with E-state index in [-0.39, 0.29) is 0 Å². The van der Waals surface area contributed by atoms with Crippen molar-refractivity contribution >= 4 is 0 Å². The third kappa shape index (κ3) is 1.01. The van der Waals surface area contributed by atoms with Crippen LogP contribution >= 0.6 is 0 Å². The molecular formula is C6H14N2. The van der Waals surface area contributed by atoms with Gasteiger partial charge in [0.15, 0.2) is 0 Å². The second kappa shape index (κ2) is 2.03. The Morgan fingerprint density at radius 1 is 1.62 bits per heavy atom. The molecule has 0 spiro atoms. The van der Waals surface area contributed by atoms with E-state index >= 15 is 0 Å². The van der Waals surface area contributed by atoms with Crippen molar-refractivity contribution in [3.05, 3.63) is 0 Å². The smallest absolute Gasteiger partial charge is 0.0182 e. The molecule has 0 radical (unpaired) electrons. The number of likely N-dealkylation sites (N-methyl/N-ethyl adjacent to an activating group) is 1. The molecule has 0 aliphatic carbocycles. The van der Waals surface area contributed by atoms with Crippen LogP contribution < -0.4 is 5.73 Å². The van der Waals surface area contributed by atoms with Crippen LogP contribution in [0.5, 0.6) is 0 Å². The third-order valence-corrected chi connectivity index (χ3v) is 1.92. The van der Waals surface area contributed by atoms with Crippen molar-refractivity contribution in [3.63, 3.8) is 0 Å². The summed E-state index contributed by atoms with van der Waals surface area (Å²) in [6.45, 7) is 3.29. The average Bonchev–Trinajstić information content (AvgIpc) is 1.85. The molecule has 2 N–H and O–H groups in total. The van der Waals surface area contributed by atoms with Gasteiger partial charge in [-0.3, -0.25) is 0 Å². The average molecular weight is 114 g/mol. The Morgan fingerprint density at radius 3 is 2.38 bits per heavy atom. The van der Waals surface area contributed by atoms with Gasteiger partial charge < -0.3 is 10.6 Å². The van der Waals surface area contributed by atoms with Crippen molar-refractivity contribution in [3.8, 4) is 0 Å². The molecule has 0 aromatic carbocycles. The van der Waals surface area contributed by atoms with E-state index in [1.54, 1.807) is 0 Å². The minimum absolute atomic E-state index is 0.426. The standard InChI is InChI=1S/C6H14N2/c1-5-3-6(7)4-8(5)2/h5-6H,3-4,7H2,1-2H3/t5?,6-/m1/s1. The van der Waals surface area contributed by atoms with Crippen molar-refractivity contribution in [2.24, 2.45) is 5.73 Å². The number of nitrogens with two attached hydrogens (primary N) is 1. The van der Waals surface area contributed by atoms with Gasteiger partial charge in [0.1, 0.15) is 0 Å². The number of nitrogens with zero attached hydrogens (tertiary/aromatic N) is 1. The van der Waals surface area contributed by atoms with E-state index in [0.29, 0.717) is 12.1 Å². The van der Waals surface area contributed by atoms with Crippen LogP contribution in [0.2, 0.25) is 0 Å². The van der Waals surface area contributed by atoms with Crippen LogP contribution in [0, 0.1) is 0 Å². The van der Waals surface area contributed by atoms with Crippen LogP contribution in [0.4, 0.5) is 0 Å². The molecule has 1 unspecified atom stereocenters. The first-order chi connectivity index (χ1) is 3.70. The summed E-state index contributed by atoms with van der Waals surface area (Å²) in [4.78, 5) is 2.30. The number of hydrogen-bond donors (Lipinski definition) is 1. The van der Waals surface area contributed by atoms with Gasteiger partial charge in [0.2, 0.25) is 0 Å². The Bertz CT molecular complexity index is 72.6. The molecule has 2 heteroatoms. The number of likely N-dealkylation sites (tertiary alicyclic amines) is 1. The Kier molecular flexibility index (Phi) is 1.54. The van der Waals surface area contributed by atoms with Crippen LogP contribution in [-0.2, 0) is 0 Å². The fourth-order valence-electron chi connectivity index (χ4n) is 1.24. The van der Waals surface area contributed by atoms with E-state index < -0.39 is 0 Å². The first kappa shape index (κ1) is 6.05. The lowest BCUT2D eigenvalue weighted by molar-refractivity contribution is 0.329. The predicted molar refractivity (Wildman–Crippen MR) is 34.7 cm³/mol. The van der Waals surface area contributed by atoms with Gasteiger partial charge in [0.25, 0.3) is 0 Å². The van der Waals surface area contributed by atoms with Crippen LogP contribution in [0.15, 0.2) is 0 Å². The second-order valence-electron chi connectivity index (χ2n) is 2.78. The lowest BCUT2D eigenvalue weighted by Crippen LogP contribution is -2.24. The Morgan fingerprint density at radius 2 is 2.25 bits per heavy atom. The molecule has 8 heavy (non-hydrogen) atoms. The van der Waals surface area contributed by atoms with Gasteiger partial charge in [0, 0.05) is 18.6 Å². The molecule has 1 heterocycles. The summed E-state index contributed by atoms with van der Waals surface area (Å²) in [6, 6.07) is 1.12. The van der Waals surface area contributed by atoms with Gasteiger partial charge in [-0.1, -0.05) is 0 Å². The van der Waals surface area contributed by atoms with Crippen molar-refractivity contribution in [1.82, 2.24) is 4.90 Å². The van der Waals surface area contributed by atoms with Gasteiger partial charge in [-0.05, 0) is 20.4 Å². The number of rotatable bonds is 0. The summed E-state index contributed by atoms with van der Waals surface area (Å²) in [6.07, 6.45) is 1.16. The van der Waals surface area contributed by atoms with Crippen LogP contribution in [0.25, 0.3) is 0 Å². The largest absolute Gasteiger partial charge is 0.326 e. The molecule has 2 nitrogen and oxygen atoms in total. The highest BCUT2D eigenvalue weighted by atomic mass is 15.2. The van der Waals surface area contributed by atoms with Crippen molar-refractivity contribution in [1.29, 1.82) is 0 Å². The summed E-state index contributed by atoms with van der Waals surface area (Å²) >= 11 is 0. The minimum atomic E-state index is 0.426. The van der Waals surface area contributed by atoms with E-state index in [2.05, 4.69) is 18.9 Å². The molecule has 1 rings (SSSR count). The predicted octanol–water partition coefficient (Wildman–Crippen LogP) is 0.0377. The molecular weight excluding hydrogens is 100 g/mol. The van der Waals surface area contributed by atoms with Gasteiger partial charge in [-0.15, -0.1) is 0 Å². The van der Waals surface area contributed by atoms with Crippen LogP contribution in [-0.4, -0.2) is 30.6 Å². The number of hydrogen-bond acceptors (Lipinski definition) is 2. The van der Waals surface area contributed by atoms with E-state index in [0.717, 1.165) is 13.0 Å². The lowest BCUT2D eigenvalue weighted by atomic mass is 10.2. The first-order valence-electron chi connectivity index (χ1n) is 3.16. The molecule has 0 bridgehead atoms. The quantitative estimate of drug-likeness (QED) is 0.481. The zero-order chi connectivity index (χ0) is 6.15. The van der Waals surface area contributed by atoms with E-state index in [1.165, 1.54) is 0 Å². The molecule has 0 amide bonds. The molecule has 1 aliphatic rings. The van der Waals surface area contributed by atoms with Crippen LogP contribution in [0.1, 0.15) is 13.3 Å². The fraction of sp³-hybridized carbons (Fsp3) is 1.00. The SMILES string of the molecule is CC1C[C@@H](N)CN1C. The molecule has 0 saturated carbocycles. The van der Waals surface area contributed by atoms with E-state index in [4.69, 9.17) is 5.73 Å². The normalized spacial score (nSPS) is 40.9. The monoisotopic (exact) mass is 114 g/mol. The highest BCUT2D eigenvalue weighted by Crippen LogP contribution is 2.11. The zero-order valence-corrected chi connectivity index (χ0v) is 5.59. The zero-order valence-electron chi connectivity index (χ0n) is 5.59.